The second-order valence-corrected chi connectivity index (χ2v) is 6.17. The Bertz CT molecular complexity index is 590. The van der Waals surface area contributed by atoms with Gasteiger partial charge >= 0.3 is 0 Å². The topological polar surface area (TPSA) is 80.0 Å². The molecule has 0 aliphatic rings. The van der Waals surface area contributed by atoms with E-state index in [9.17, 15) is 4.79 Å². The molecule has 0 aliphatic carbocycles. The summed E-state index contributed by atoms with van der Waals surface area (Å²) < 4.78 is 6.15. The molecule has 2 rings (SSSR count). The Labute approximate surface area is 147 Å². The highest BCUT2D eigenvalue weighted by atomic mass is 79.9. The van der Waals surface area contributed by atoms with Crippen LogP contribution >= 0.6 is 39.7 Å². The van der Waals surface area contributed by atoms with Crippen molar-refractivity contribution in [2.24, 2.45) is 0 Å². The van der Waals surface area contributed by atoms with E-state index < -0.39 is 0 Å². The maximum Gasteiger partial charge on any atom is 0.227 e. The molecule has 0 aliphatic heterocycles. The van der Waals surface area contributed by atoms with Crippen molar-refractivity contribution < 1.29 is 9.32 Å². The molecule has 0 radical (unpaired) electrons. The van der Waals surface area contributed by atoms with Gasteiger partial charge in [-0.15, -0.1) is 23.7 Å². The lowest BCUT2D eigenvalue weighted by molar-refractivity contribution is -0.121. The Morgan fingerprint density at radius 3 is 2.95 bits per heavy atom. The average Bonchev–Trinajstić information content (AvgIpc) is 3.10. The average molecular weight is 410 g/mol. The van der Waals surface area contributed by atoms with Gasteiger partial charge in [0, 0.05) is 35.8 Å². The summed E-state index contributed by atoms with van der Waals surface area (Å²) in [5.41, 5.74) is 0. The van der Waals surface area contributed by atoms with Crippen LogP contribution in [0.3, 0.4) is 0 Å². The minimum absolute atomic E-state index is 0. The third kappa shape index (κ3) is 6.04. The van der Waals surface area contributed by atoms with Gasteiger partial charge in [-0.05, 0) is 28.5 Å². The van der Waals surface area contributed by atoms with Crippen LogP contribution in [0.5, 0.6) is 0 Å². The summed E-state index contributed by atoms with van der Waals surface area (Å²) in [6.45, 7) is 4.34. The first-order valence-electron chi connectivity index (χ1n) is 6.73. The maximum atomic E-state index is 11.6. The molecule has 2 aromatic heterocycles. The lowest BCUT2D eigenvalue weighted by Crippen LogP contribution is -2.31. The third-order valence-corrected chi connectivity index (χ3v) is 4.38. The number of halogens is 2. The Balaban J connectivity index is 0.00000242. The Morgan fingerprint density at radius 1 is 1.45 bits per heavy atom. The molecule has 0 unspecified atom stereocenters. The zero-order valence-electron chi connectivity index (χ0n) is 12.1. The van der Waals surface area contributed by atoms with Crippen LogP contribution in [0.1, 0.15) is 19.2 Å². The highest BCUT2D eigenvalue weighted by Crippen LogP contribution is 2.27. The first-order valence-corrected chi connectivity index (χ1v) is 8.40. The number of hydrogen-bond acceptors (Lipinski definition) is 6. The standard InChI is InChI=1S/C13H17BrN4O2S.ClH/c1-2-15-5-6-16-11(19)3-4-12-17-13(18-20-12)10-7-9(14)8-21-10;/h7-8,15H,2-6H2,1H3,(H,16,19);1H. The number of nitrogens with zero attached hydrogens (tertiary/aromatic N) is 2. The number of amides is 1. The molecule has 2 heterocycles. The van der Waals surface area contributed by atoms with E-state index in [1.54, 1.807) is 0 Å². The first-order chi connectivity index (χ1) is 10.2. The van der Waals surface area contributed by atoms with E-state index >= 15 is 0 Å². The van der Waals surface area contributed by atoms with Crippen LogP contribution in [0, 0.1) is 0 Å². The number of carbonyl (C=O) groups is 1. The van der Waals surface area contributed by atoms with Gasteiger partial charge in [0.05, 0.1) is 4.88 Å². The summed E-state index contributed by atoms with van der Waals surface area (Å²) in [7, 11) is 0. The van der Waals surface area contributed by atoms with Gasteiger partial charge in [0.15, 0.2) is 0 Å². The first kappa shape index (κ1) is 19.1. The molecule has 0 saturated heterocycles. The van der Waals surface area contributed by atoms with Crippen molar-refractivity contribution in [3.8, 4) is 10.7 Å². The molecule has 0 bridgehead atoms. The molecule has 1 amide bonds. The van der Waals surface area contributed by atoms with Gasteiger partial charge in [-0.1, -0.05) is 12.1 Å². The van der Waals surface area contributed by atoms with Crippen LogP contribution in [0.2, 0.25) is 0 Å². The van der Waals surface area contributed by atoms with Gasteiger partial charge < -0.3 is 15.2 Å². The summed E-state index contributed by atoms with van der Waals surface area (Å²) >= 11 is 4.93. The fourth-order valence-electron chi connectivity index (χ4n) is 1.66. The highest BCUT2D eigenvalue weighted by Gasteiger charge is 2.11. The van der Waals surface area contributed by atoms with Gasteiger partial charge in [0.2, 0.25) is 17.6 Å². The van der Waals surface area contributed by atoms with Crippen molar-refractivity contribution >= 4 is 45.6 Å². The second kappa shape index (κ2) is 9.94. The Hall–Kier alpha value is -0.960. The lowest BCUT2D eigenvalue weighted by Gasteiger charge is -2.03. The molecule has 0 atom stereocenters. The van der Waals surface area contributed by atoms with E-state index in [0.29, 0.717) is 31.1 Å². The fourth-order valence-corrected chi connectivity index (χ4v) is 3.01. The van der Waals surface area contributed by atoms with Crippen molar-refractivity contribution in [1.82, 2.24) is 20.8 Å². The predicted octanol–water partition coefficient (Wildman–Crippen LogP) is 2.64. The zero-order chi connectivity index (χ0) is 15.1. The summed E-state index contributed by atoms with van der Waals surface area (Å²) in [4.78, 5) is 16.9. The lowest BCUT2D eigenvalue weighted by atomic mass is 10.3. The normalized spacial score (nSPS) is 10.3. The number of likely N-dealkylation sites (N-methyl/N-ethyl adjacent to an activating group) is 1. The van der Waals surface area contributed by atoms with Gasteiger partial charge in [-0.2, -0.15) is 4.98 Å². The zero-order valence-corrected chi connectivity index (χ0v) is 15.3. The molecule has 0 fully saturated rings. The monoisotopic (exact) mass is 408 g/mol. The molecule has 0 spiro atoms. The van der Waals surface area contributed by atoms with E-state index in [0.717, 1.165) is 22.4 Å². The molecule has 9 heteroatoms. The number of nitrogens with one attached hydrogen (secondary N) is 2. The van der Waals surface area contributed by atoms with Crippen molar-refractivity contribution in [2.45, 2.75) is 19.8 Å². The second-order valence-electron chi connectivity index (χ2n) is 4.34. The number of rotatable bonds is 8. The summed E-state index contributed by atoms with van der Waals surface area (Å²) in [6, 6.07) is 1.94. The summed E-state index contributed by atoms with van der Waals surface area (Å²) in [6.07, 6.45) is 0.800. The Morgan fingerprint density at radius 2 is 2.27 bits per heavy atom. The van der Waals surface area contributed by atoms with Crippen LogP contribution in [-0.2, 0) is 11.2 Å². The fraction of sp³-hybridized carbons (Fsp3) is 0.462. The van der Waals surface area contributed by atoms with E-state index in [4.69, 9.17) is 4.52 Å². The molecule has 2 N–H and O–H groups in total. The molecule has 22 heavy (non-hydrogen) atoms. The van der Waals surface area contributed by atoms with E-state index in [1.807, 2.05) is 18.4 Å². The van der Waals surface area contributed by atoms with Crippen LogP contribution < -0.4 is 10.6 Å². The van der Waals surface area contributed by atoms with E-state index in [-0.39, 0.29) is 18.3 Å². The van der Waals surface area contributed by atoms with E-state index in [1.165, 1.54) is 11.3 Å². The highest BCUT2D eigenvalue weighted by molar-refractivity contribution is 9.10. The van der Waals surface area contributed by atoms with Crippen LogP contribution in [0.25, 0.3) is 10.7 Å². The van der Waals surface area contributed by atoms with Crippen molar-refractivity contribution in [1.29, 1.82) is 0 Å². The molecule has 122 valence electrons. The largest absolute Gasteiger partial charge is 0.355 e. The van der Waals surface area contributed by atoms with Crippen LogP contribution in [0.15, 0.2) is 20.4 Å². The minimum Gasteiger partial charge on any atom is -0.355 e. The number of hydrogen-bond donors (Lipinski definition) is 2. The van der Waals surface area contributed by atoms with Crippen molar-refractivity contribution in [3.63, 3.8) is 0 Å². The minimum atomic E-state index is -0.00785. The molecule has 0 saturated carbocycles. The SMILES string of the molecule is CCNCCNC(=O)CCc1nc(-c2cc(Br)cs2)no1.Cl. The van der Waals surface area contributed by atoms with E-state index in [2.05, 4.69) is 36.7 Å². The quantitative estimate of drug-likeness (QED) is 0.655. The molecule has 2 aromatic rings. The summed E-state index contributed by atoms with van der Waals surface area (Å²) in [5.74, 6) is 1.04. The Kier molecular flexibility index (Phi) is 8.62. The van der Waals surface area contributed by atoms with Gasteiger partial charge in [0.1, 0.15) is 0 Å². The van der Waals surface area contributed by atoms with Gasteiger partial charge in [-0.25, -0.2) is 0 Å². The predicted molar refractivity (Wildman–Crippen MR) is 92.4 cm³/mol. The van der Waals surface area contributed by atoms with Crippen LogP contribution in [0.4, 0.5) is 0 Å². The van der Waals surface area contributed by atoms with Crippen molar-refractivity contribution in [3.05, 3.63) is 21.8 Å². The molecular weight excluding hydrogens is 392 g/mol. The summed E-state index contributed by atoms with van der Waals surface area (Å²) in [5, 5.41) is 11.9. The van der Waals surface area contributed by atoms with Crippen LogP contribution in [-0.4, -0.2) is 35.7 Å². The van der Waals surface area contributed by atoms with Gasteiger partial charge in [-0.3, -0.25) is 4.79 Å². The molecule has 6 nitrogen and oxygen atoms in total. The molecular formula is C13H18BrClN4O2S. The molecule has 0 aromatic carbocycles. The maximum absolute atomic E-state index is 11.6. The number of carbonyl (C=O) groups excluding carboxylic acids is 1. The number of thiophene rings is 1. The number of aromatic nitrogens is 2. The van der Waals surface area contributed by atoms with Crippen molar-refractivity contribution in [2.75, 3.05) is 19.6 Å². The van der Waals surface area contributed by atoms with Gasteiger partial charge in [0.25, 0.3) is 0 Å². The smallest absolute Gasteiger partial charge is 0.227 e. The number of aryl methyl sites for hydroxylation is 1. The third-order valence-electron chi connectivity index (χ3n) is 2.70.